The molecule has 106 valence electrons. The van der Waals surface area contributed by atoms with Crippen LogP contribution in [0.15, 0.2) is 55.0 Å². The fourth-order valence-electron chi connectivity index (χ4n) is 2.09. The number of aryl methyl sites for hydroxylation is 1. The second-order valence-corrected chi connectivity index (χ2v) is 4.78. The SMILES string of the molecule is Cc1cc(F)ccc1CNc1ccc(-n2cccn2)nc1. The Labute approximate surface area is 122 Å². The van der Waals surface area contributed by atoms with Gasteiger partial charge >= 0.3 is 0 Å². The van der Waals surface area contributed by atoms with Gasteiger partial charge in [-0.25, -0.2) is 14.1 Å². The lowest BCUT2D eigenvalue weighted by Gasteiger charge is -2.09. The summed E-state index contributed by atoms with van der Waals surface area (Å²) in [6.07, 6.45) is 5.32. The molecule has 0 saturated carbocycles. The molecule has 21 heavy (non-hydrogen) atoms. The van der Waals surface area contributed by atoms with E-state index in [0.717, 1.165) is 22.6 Å². The zero-order chi connectivity index (χ0) is 14.7. The molecule has 1 N–H and O–H groups in total. The van der Waals surface area contributed by atoms with Crippen molar-refractivity contribution in [1.29, 1.82) is 0 Å². The normalized spacial score (nSPS) is 10.6. The third kappa shape index (κ3) is 3.08. The number of halogens is 1. The first-order chi connectivity index (χ1) is 10.2. The number of rotatable bonds is 4. The summed E-state index contributed by atoms with van der Waals surface area (Å²) in [5.74, 6) is 0.560. The lowest BCUT2D eigenvalue weighted by atomic mass is 10.1. The Hall–Kier alpha value is -2.69. The molecule has 0 atom stereocenters. The lowest BCUT2D eigenvalue weighted by Crippen LogP contribution is -2.03. The molecule has 0 bridgehead atoms. The summed E-state index contributed by atoms with van der Waals surface area (Å²) < 4.78 is 14.8. The van der Waals surface area contributed by atoms with Gasteiger partial charge in [-0.1, -0.05) is 6.07 Å². The van der Waals surface area contributed by atoms with Crippen molar-refractivity contribution in [1.82, 2.24) is 14.8 Å². The van der Waals surface area contributed by atoms with Crippen LogP contribution in [0.3, 0.4) is 0 Å². The van der Waals surface area contributed by atoms with Crippen LogP contribution in [0.4, 0.5) is 10.1 Å². The Bertz CT molecular complexity index is 721. The van der Waals surface area contributed by atoms with E-state index in [9.17, 15) is 4.39 Å². The number of hydrogen-bond donors (Lipinski definition) is 1. The van der Waals surface area contributed by atoms with E-state index in [4.69, 9.17) is 0 Å². The van der Waals surface area contributed by atoms with Gasteiger partial charge in [0, 0.05) is 18.9 Å². The molecular weight excluding hydrogens is 267 g/mol. The Balaban J connectivity index is 1.68. The molecule has 0 fully saturated rings. The summed E-state index contributed by atoms with van der Waals surface area (Å²) >= 11 is 0. The van der Waals surface area contributed by atoms with Crippen LogP contribution in [-0.4, -0.2) is 14.8 Å². The summed E-state index contributed by atoms with van der Waals surface area (Å²) in [4.78, 5) is 4.35. The van der Waals surface area contributed by atoms with Crippen molar-refractivity contribution in [3.63, 3.8) is 0 Å². The maximum atomic E-state index is 13.1. The molecule has 3 aromatic rings. The van der Waals surface area contributed by atoms with Gasteiger partial charge in [0.05, 0.1) is 11.9 Å². The zero-order valence-corrected chi connectivity index (χ0v) is 11.6. The second kappa shape index (κ2) is 5.75. The first-order valence-corrected chi connectivity index (χ1v) is 6.67. The third-order valence-corrected chi connectivity index (χ3v) is 3.27. The van der Waals surface area contributed by atoms with Gasteiger partial charge in [0.25, 0.3) is 0 Å². The van der Waals surface area contributed by atoms with Gasteiger partial charge in [-0.05, 0) is 48.4 Å². The topological polar surface area (TPSA) is 42.7 Å². The molecule has 0 aliphatic heterocycles. The molecule has 4 nitrogen and oxygen atoms in total. The minimum absolute atomic E-state index is 0.207. The van der Waals surface area contributed by atoms with Crippen LogP contribution in [0.1, 0.15) is 11.1 Å². The Morgan fingerprint density at radius 2 is 2.14 bits per heavy atom. The highest BCUT2D eigenvalue weighted by Crippen LogP contribution is 2.14. The molecule has 5 heteroatoms. The number of hydrogen-bond acceptors (Lipinski definition) is 3. The van der Waals surface area contributed by atoms with E-state index in [1.54, 1.807) is 23.1 Å². The molecule has 0 spiro atoms. The Morgan fingerprint density at radius 3 is 2.81 bits per heavy atom. The van der Waals surface area contributed by atoms with E-state index in [0.29, 0.717) is 6.54 Å². The third-order valence-electron chi connectivity index (χ3n) is 3.27. The van der Waals surface area contributed by atoms with E-state index in [1.807, 2.05) is 31.3 Å². The van der Waals surface area contributed by atoms with Crippen LogP contribution >= 0.6 is 0 Å². The molecule has 0 amide bonds. The van der Waals surface area contributed by atoms with Crippen molar-refractivity contribution in [3.8, 4) is 5.82 Å². The molecule has 0 radical (unpaired) electrons. The van der Waals surface area contributed by atoms with E-state index < -0.39 is 0 Å². The van der Waals surface area contributed by atoms with Gasteiger partial charge in [0.15, 0.2) is 5.82 Å². The van der Waals surface area contributed by atoms with E-state index in [2.05, 4.69) is 15.4 Å². The largest absolute Gasteiger partial charge is 0.380 e. The smallest absolute Gasteiger partial charge is 0.153 e. The molecule has 0 aliphatic carbocycles. The van der Waals surface area contributed by atoms with Gasteiger partial charge in [-0.2, -0.15) is 5.10 Å². The Morgan fingerprint density at radius 1 is 1.24 bits per heavy atom. The molecule has 2 heterocycles. The number of anilines is 1. The van der Waals surface area contributed by atoms with E-state index >= 15 is 0 Å². The number of nitrogens with zero attached hydrogens (tertiary/aromatic N) is 3. The van der Waals surface area contributed by atoms with E-state index in [1.165, 1.54) is 12.1 Å². The molecule has 3 rings (SSSR count). The van der Waals surface area contributed by atoms with Crippen molar-refractivity contribution >= 4 is 5.69 Å². The highest BCUT2D eigenvalue weighted by Gasteiger charge is 2.01. The Kier molecular flexibility index (Phi) is 3.64. The van der Waals surface area contributed by atoms with E-state index in [-0.39, 0.29) is 5.82 Å². The van der Waals surface area contributed by atoms with Gasteiger partial charge in [-0.3, -0.25) is 0 Å². The van der Waals surface area contributed by atoms with Crippen molar-refractivity contribution in [3.05, 3.63) is 71.9 Å². The summed E-state index contributed by atoms with van der Waals surface area (Å²) in [5.41, 5.74) is 2.91. The fraction of sp³-hybridized carbons (Fsp3) is 0.125. The molecule has 0 saturated heterocycles. The predicted molar refractivity (Wildman–Crippen MR) is 79.8 cm³/mol. The van der Waals surface area contributed by atoms with Gasteiger partial charge < -0.3 is 5.32 Å². The van der Waals surface area contributed by atoms with Crippen molar-refractivity contribution < 1.29 is 4.39 Å². The first kappa shape index (κ1) is 13.3. The van der Waals surface area contributed by atoms with Crippen LogP contribution in [0.2, 0.25) is 0 Å². The van der Waals surface area contributed by atoms with Crippen molar-refractivity contribution in [2.75, 3.05) is 5.32 Å². The summed E-state index contributed by atoms with van der Waals surface area (Å²) in [7, 11) is 0. The quantitative estimate of drug-likeness (QED) is 0.798. The van der Waals surface area contributed by atoms with Gasteiger partial charge in [0.1, 0.15) is 5.82 Å². The maximum Gasteiger partial charge on any atom is 0.153 e. The molecule has 0 unspecified atom stereocenters. The van der Waals surface area contributed by atoms with Crippen LogP contribution in [0, 0.1) is 12.7 Å². The van der Waals surface area contributed by atoms with Crippen LogP contribution in [0.25, 0.3) is 5.82 Å². The van der Waals surface area contributed by atoms with Crippen LogP contribution in [-0.2, 0) is 6.54 Å². The van der Waals surface area contributed by atoms with Crippen molar-refractivity contribution in [2.45, 2.75) is 13.5 Å². The van der Waals surface area contributed by atoms with Crippen LogP contribution in [0.5, 0.6) is 0 Å². The van der Waals surface area contributed by atoms with Crippen LogP contribution < -0.4 is 5.32 Å². The summed E-state index contributed by atoms with van der Waals surface area (Å²) in [6, 6.07) is 10.5. The summed E-state index contributed by atoms with van der Waals surface area (Å²) in [5, 5.41) is 7.41. The minimum atomic E-state index is -0.207. The highest BCUT2D eigenvalue weighted by atomic mass is 19.1. The van der Waals surface area contributed by atoms with Crippen molar-refractivity contribution in [2.24, 2.45) is 0 Å². The molecule has 2 aromatic heterocycles. The fourth-order valence-corrected chi connectivity index (χ4v) is 2.09. The maximum absolute atomic E-state index is 13.1. The zero-order valence-electron chi connectivity index (χ0n) is 11.6. The number of pyridine rings is 1. The minimum Gasteiger partial charge on any atom is -0.380 e. The monoisotopic (exact) mass is 282 g/mol. The number of nitrogens with one attached hydrogen (secondary N) is 1. The molecular formula is C16H15FN4. The number of aromatic nitrogens is 3. The van der Waals surface area contributed by atoms with Gasteiger partial charge in [0.2, 0.25) is 0 Å². The standard InChI is InChI=1S/C16H15FN4/c1-12-9-14(17)4-3-13(12)10-18-15-5-6-16(19-11-15)21-8-2-7-20-21/h2-9,11,18H,10H2,1H3. The summed E-state index contributed by atoms with van der Waals surface area (Å²) in [6.45, 7) is 2.54. The highest BCUT2D eigenvalue weighted by molar-refractivity contribution is 5.44. The van der Waals surface area contributed by atoms with Gasteiger partial charge in [-0.15, -0.1) is 0 Å². The number of benzene rings is 1. The average molecular weight is 282 g/mol. The lowest BCUT2D eigenvalue weighted by molar-refractivity contribution is 0.625. The average Bonchev–Trinajstić information content (AvgIpc) is 3.01. The molecule has 1 aromatic carbocycles. The first-order valence-electron chi connectivity index (χ1n) is 6.67. The molecule has 0 aliphatic rings. The second-order valence-electron chi connectivity index (χ2n) is 4.78. The predicted octanol–water partition coefficient (Wildman–Crippen LogP) is 3.33.